The Labute approximate surface area is 286 Å². The number of likely N-dealkylation sites (N-methyl/N-ethyl adjacent to an activating group) is 2. The molecule has 0 aliphatic carbocycles. The second kappa shape index (κ2) is 14.7. The molecular weight excluding hydrogens is 644 g/mol. The number of nitrogens with zero attached hydrogens (tertiary/aromatic N) is 3. The molecule has 0 bridgehead atoms. The van der Waals surface area contributed by atoms with Crippen molar-refractivity contribution in [3.05, 3.63) is 125 Å². The van der Waals surface area contributed by atoms with Gasteiger partial charge in [0.05, 0.1) is 29.3 Å². The molecule has 2 heterocycles. The Balaban J connectivity index is 1.21. The van der Waals surface area contributed by atoms with Crippen molar-refractivity contribution in [2.75, 3.05) is 62.4 Å². The first-order valence-electron chi connectivity index (χ1n) is 16.1. The summed E-state index contributed by atoms with van der Waals surface area (Å²) in [4.78, 5) is 32.4. The van der Waals surface area contributed by atoms with Gasteiger partial charge in [0, 0.05) is 56.7 Å². The molecule has 4 aromatic carbocycles. The van der Waals surface area contributed by atoms with Crippen molar-refractivity contribution >= 4 is 50.2 Å². The van der Waals surface area contributed by atoms with Crippen LogP contribution in [0.2, 0.25) is 0 Å². The molecule has 0 aromatic heterocycles. The third-order valence-electron chi connectivity index (χ3n) is 8.77. The predicted octanol–water partition coefficient (Wildman–Crippen LogP) is 4.59. The first-order chi connectivity index (χ1) is 23.5. The number of rotatable bonds is 11. The highest BCUT2D eigenvalue weighted by Crippen LogP contribution is 2.38. The molecule has 2 amide bonds. The van der Waals surface area contributed by atoms with Gasteiger partial charge in [0.1, 0.15) is 5.82 Å². The van der Waals surface area contributed by atoms with Gasteiger partial charge in [-0.05, 0) is 66.2 Å². The Bertz CT molecular complexity index is 1960. The summed E-state index contributed by atoms with van der Waals surface area (Å²) in [5.74, 6) is -0.968. The predicted molar refractivity (Wildman–Crippen MR) is 192 cm³/mol. The standard InChI is InChI=1S/C37H39FN6O4S/c1-42-18-20-44(21-19-42)24-34(45)43(2)31-15-13-30(14-16-31)40-36(35-32-17-12-29(38)22-33(32)41-37(35)46)28-10-8-26(9-11-28)23-39-49(47,48)25-27-6-4-3-5-7-27/h3-17,22,39-40H,18-21,23-25H2,1-2H3,(H,41,46)/b36-35-. The smallest absolute Gasteiger partial charge is 0.258 e. The number of amides is 2. The van der Waals surface area contributed by atoms with E-state index in [1.807, 2.05) is 42.5 Å². The summed E-state index contributed by atoms with van der Waals surface area (Å²) in [7, 11) is 0.274. The maximum absolute atomic E-state index is 14.1. The number of carbonyl (C=O) groups is 2. The van der Waals surface area contributed by atoms with E-state index in [-0.39, 0.29) is 24.1 Å². The van der Waals surface area contributed by atoms with Crippen LogP contribution in [-0.2, 0) is 31.9 Å². The molecule has 0 saturated carbocycles. The highest BCUT2D eigenvalue weighted by atomic mass is 32.2. The maximum Gasteiger partial charge on any atom is 0.258 e. The van der Waals surface area contributed by atoms with Crippen molar-refractivity contribution in [1.82, 2.24) is 14.5 Å². The molecule has 0 unspecified atom stereocenters. The van der Waals surface area contributed by atoms with E-state index >= 15 is 0 Å². The van der Waals surface area contributed by atoms with Gasteiger partial charge in [0.2, 0.25) is 15.9 Å². The summed E-state index contributed by atoms with van der Waals surface area (Å²) < 4.78 is 42.1. The molecule has 6 rings (SSSR count). The Kier molecular flexibility index (Phi) is 10.2. The van der Waals surface area contributed by atoms with E-state index < -0.39 is 15.8 Å². The molecule has 0 spiro atoms. The van der Waals surface area contributed by atoms with E-state index in [0.717, 1.165) is 37.4 Å². The molecule has 2 aliphatic heterocycles. The van der Waals surface area contributed by atoms with Crippen LogP contribution in [0.1, 0.15) is 22.3 Å². The average Bonchev–Trinajstić information content (AvgIpc) is 3.42. The number of anilines is 3. The summed E-state index contributed by atoms with van der Waals surface area (Å²) in [6.07, 6.45) is 0. The number of sulfonamides is 1. The molecule has 254 valence electrons. The zero-order chi connectivity index (χ0) is 34.5. The number of benzene rings is 4. The van der Waals surface area contributed by atoms with E-state index in [4.69, 9.17) is 0 Å². The fraction of sp³-hybridized carbons (Fsp3) is 0.243. The number of piperazine rings is 1. The Morgan fingerprint density at radius 3 is 2.29 bits per heavy atom. The number of fused-ring (bicyclic) bond motifs is 1. The van der Waals surface area contributed by atoms with E-state index in [0.29, 0.717) is 45.9 Å². The second-order valence-corrected chi connectivity index (χ2v) is 14.2. The van der Waals surface area contributed by atoms with Gasteiger partial charge in [0.15, 0.2) is 0 Å². The van der Waals surface area contributed by atoms with Crippen LogP contribution in [-0.4, -0.2) is 76.9 Å². The Hall–Kier alpha value is -4.88. The van der Waals surface area contributed by atoms with Crippen LogP contribution in [0.4, 0.5) is 21.5 Å². The van der Waals surface area contributed by atoms with Crippen LogP contribution in [0.3, 0.4) is 0 Å². The van der Waals surface area contributed by atoms with Crippen molar-refractivity contribution in [2.24, 2.45) is 0 Å². The summed E-state index contributed by atoms with van der Waals surface area (Å²) in [6.45, 7) is 4.01. The van der Waals surface area contributed by atoms with Crippen LogP contribution in [0.5, 0.6) is 0 Å². The van der Waals surface area contributed by atoms with E-state index in [9.17, 15) is 22.4 Å². The van der Waals surface area contributed by atoms with E-state index in [1.165, 1.54) is 12.1 Å². The fourth-order valence-corrected chi connectivity index (χ4v) is 6.98. The molecule has 3 N–H and O–H groups in total. The highest BCUT2D eigenvalue weighted by molar-refractivity contribution is 7.88. The average molecular weight is 683 g/mol. The topological polar surface area (TPSA) is 114 Å². The molecule has 49 heavy (non-hydrogen) atoms. The first-order valence-corrected chi connectivity index (χ1v) is 17.7. The molecule has 1 saturated heterocycles. The minimum absolute atomic E-state index is 0.00183. The lowest BCUT2D eigenvalue weighted by Crippen LogP contribution is -2.48. The van der Waals surface area contributed by atoms with Crippen molar-refractivity contribution in [3.8, 4) is 0 Å². The molecule has 0 radical (unpaired) electrons. The van der Waals surface area contributed by atoms with Gasteiger partial charge in [-0.15, -0.1) is 0 Å². The van der Waals surface area contributed by atoms with Gasteiger partial charge in [-0.3, -0.25) is 14.5 Å². The Morgan fingerprint density at radius 1 is 0.898 bits per heavy atom. The zero-order valence-corrected chi connectivity index (χ0v) is 28.3. The van der Waals surface area contributed by atoms with Gasteiger partial charge < -0.3 is 20.4 Å². The minimum Gasteiger partial charge on any atom is -0.354 e. The van der Waals surface area contributed by atoms with Crippen LogP contribution < -0.4 is 20.3 Å². The van der Waals surface area contributed by atoms with Crippen LogP contribution in [0.25, 0.3) is 11.3 Å². The fourth-order valence-electron chi connectivity index (χ4n) is 5.86. The number of hydrogen-bond donors (Lipinski definition) is 3. The van der Waals surface area contributed by atoms with Gasteiger partial charge >= 0.3 is 0 Å². The van der Waals surface area contributed by atoms with Crippen molar-refractivity contribution < 1.29 is 22.4 Å². The van der Waals surface area contributed by atoms with Crippen LogP contribution >= 0.6 is 0 Å². The Morgan fingerprint density at radius 2 is 1.59 bits per heavy atom. The van der Waals surface area contributed by atoms with Gasteiger partial charge in [-0.1, -0.05) is 54.6 Å². The lowest BCUT2D eigenvalue weighted by molar-refractivity contribution is -0.119. The summed E-state index contributed by atoms with van der Waals surface area (Å²) in [5, 5.41) is 6.15. The van der Waals surface area contributed by atoms with Crippen LogP contribution in [0.15, 0.2) is 97.1 Å². The lowest BCUT2D eigenvalue weighted by Gasteiger charge is -2.32. The monoisotopic (exact) mass is 682 g/mol. The third kappa shape index (κ3) is 8.41. The highest BCUT2D eigenvalue weighted by Gasteiger charge is 2.29. The number of carbonyl (C=O) groups excluding carboxylic acids is 2. The first kappa shape index (κ1) is 34.0. The number of nitrogens with one attached hydrogen (secondary N) is 3. The summed E-state index contributed by atoms with van der Waals surface area (Å²) in [6, 6.07) is 27.7. The van der Waals surface area contributed by atoms with Crippen molar-refractivity contribution in [3.63, 3.8) is 0 Å². The maximum atomic E-state index is 14.1. The van der Waals surface area contributed by atoms with Crippen LogP contribution in [0, 0.1) is 5.82 Å². The van der Waals surface area contributed by atoms with Crippen molar-refractivity contribution in [1.29, 1.82) is 0 Å². The molecule has 4 aromatic rings. The number of halogens is 1. The van der Waals surface area contributed by atoms with E-state index in [2.05, 4.69) is 32.2 Å². The van der Waals surface area contributed by atoms with E-state index in [1.54, 1.807) is 54.4 Å². The molecule has 2 aliphatic rings. The SMILES string of the molecule is CN1CCN(CC(=O)N(C)c2ccc(N/C(=C3\C(=O)Nc4cc(F)ccc43)c3ccc(CNS(=O)(=O)Cc4ccccc4)cc3)cc2)CC1. The zero-order valence-electron chi connectivity index (χ0n) is 27.4. The molecule has 10 nitrogen and oxygen atoms in total. The molecular formula is C37H39FN6O4S. The van der Waals surface area contributed by atoms with Gasteiger partial charge in [0.25, 0.3) is 5.91 Å². The molecule has 12 heteroatoms. The quantitative estimate of drug-likeness (QED) is 0.199. The van der Waals surface area contributed by atoms with Gasteiger partial charge in [-0.25, -0.2) is 17.5 Å². The number of hydrogen-bond acceptors (Lipinski definition) is 7. The normalized spacial score (nSPS) is 16.2. The third-order valence-corrected chi connectivity index (χ3v) is 10.1. The second-order valence-electron chi connectivity index (χ2n) is 12.4. The molecule has 0 atom stereocenters. The minimum atomic E-state index is -3.57. The van der Waals surface area contributed by atoms with Gasteiger partial charge in [-0.2, -0.15) is 0 Å². The molecule has 1 fully saturated rings. The largest absolute Gasteiger partial charge is 0.354 e. The lowest BCUT2D eigenvalue weighted by atomic mass is 9.99. The summed E-state index contributed by atoms with van der Waals surface area (Å²) in [5.41, 5.74) is 5.26. The van der Waals surface area contributed by atoms with Crippen molar-refractivity contribution in [2.45, 2.75) is 12.3 Å². The summed E-state index contributed by atoms with van der Waals surface area (Å²) >= 11 is 0.